The lowest BCUT2D eigenvalue weighted by Gasteiger charge is -2.34. The van der Waals surface area contributed by atoms with Gasteiger partial charge in [-0.1, -0.05) is 19.3 Å². The third-order valence-electron chi connectivity index (χ3n) is 5.99. The zero-order chi connectivity index (χ0) is 19.5. The molecule has 28 heavy (non-hydrogen) atoms. The van der Waals surface area contributed by atoms with E-state index in [4.69, 9.17) is 0 Å². The van der Waals surface area contributed by atoms with Gasteiger partial charge in [0, 0.05) is 30.9 Å². The molecule has 2 N–H and O–H groups in total. The number of aryl methyl sites for hydroxylation is 2. The Labute approximate surface area is 166 Å². The minimum atomic E-state index is 0.105. The number of hydrogen-bond donors (Lipinski definition) is 2. The van der Waals surface area contributed by atoms with Crippen LogP contribution in [0.2, 0.25) is 0 Å². The van der Waals surface area contributed by atoms with Gasteiger partial charge in [-0.3, -0.25) is 0 Å². The van der Waals surface area contributed by atoms with Crippen LogP contribution in [0, 0.1) is 13.8 Å². The van der Waals surface area contributed by atoms with Crippen LogP contribution in [0.3, 0.4) is 0 Å². The Morgan fingerprint density at radius 2 is 1.79 bits per heavy atom. The van der Waals surface area contributed by atoms with Gasteiger partial charge in [0.1, 0.15) is 12.1 Å². The summed E-state index contributed by atoms with van der Waals surface area (Å²) in [4.78, 5) is 27.8. The first kappa shape index (κ1) is 18.9. The molecule has 1 aliphatic carbocycles. The summed E-state index contributed by atoms with van der Waals surface area (Å²) < 4.78 is 0. The minimum Gasteiger partial charge on any atom is -0.367 e. The van der Waals surface area contributed by atoms with Crippen molar-refractivity contribution in [3.05, 3.63) is 23.7 Å². The van der Waals surface area contributed by atoms with Crippen molar-refractivity contribution >= 4 is 22.9 Å². The van der Waals surface area contributed by atoms with Gasteiger partial charge >= 0.3 is 6.03 Å². The normalized spacial score (nSPS) is 19.0. The van der Waals surface area contributed by atoms with E-state index in [1.807, 2.05) is 11.8 Å². The molecule has 0 bridgehead atoms. The van der Waals surface area contributed by atoms with Gasteiger partial charge in [0.15, 0.2) is 5.65 Å². The first-order chi connectivity index (χ1) is 13.6. The number of aromatic nitrogens is 3. The summed E-state index contributed by atoms with van der Waals surface area (Å²) >= 11 is 0. The van der Waals surface area contributed by atoms with E-state index < -0.39 is 0 Å². The number of nitrogens with zero attached hydrogens (tertiary/aromatic N) is 4. The number of amides is 2. The van der Waals surface area contributed by atoms with Crippen LogP contribution in [0.5, 0.6) is 0 Å². The first-order valence-electron chi connectivity index (χ1n) is 10.5. The smallest absolute Gasteiger partial charge is 0.317 e. The molecule has 150 valence electrons. The third-order valence-corrected chi connectivity index (χ3v) is 5.99. The topological polar surface area (TPSA) is 83.0 Å². The third kappa shape index (κ3) is 4.18. The summed E-state index contributed by atoms with van der Waals surface area (Å²) in [7, 11) is 0. The number of anilines is 1. The number of urea groups is 1. The predicted octanol–water partition coefficient (Wildman–Crippen LogP) is 3.56. The average molecular weight is 383 g/mol. The maximum absolute atomic E-state index is 12.5. The number of hydrogen-bond acceptors (Lipinski definition) is 5. The molecule has 0 aromatic carbocycles. The molecule has 0 spiro atoms. The van der Waals surface area contributed by atoms with Crippen LogP contribution in [0.15, 0.2) is 12.4 Å². The highest BCUT2D eigenvalue weighted by molar-refractivity contribution is 5.89. The molecule has 1 saturated carbocycles. The largest absolute Gasteiger partial charge is 0.367 e. The van der Waals surface area contributed by atoms with Crippen LogP contribution in [0.1, 0.15) is 56.2 Å². The monoisotopic (exact) mass is 382 g/mol. The van der Waals surface area contributed by atoms with E-state index in [0.29, 0.717) is 12.1 Å². The molecule has 3 heterocycles. The van der Waals surface area contributed by atoms with Gasteiger partial charge in [-0.2, -0.15) is 0 Å². The summed E-state index contributed by atoms with van der Waals surface area (Å²) in [5.41, 5.74) is 2.83. The molecular weight excluding hydrogens is 352 g/mol. The van der Waals surface area contributed by atoms with Crippen LogP contribution >= 0.6 is 0 Å². The number of likely N-dealkylation sites (tertiary alicyclic amines) is 1. The van der Waals surface area contributed by atoms with Crippen LogP contribution in [-0.4, -0.2) is 51.1 Å². The van der Waals surface area contributed by atoms with Crippen LogP contribution < -0.4 is 10.6 Å². The second-order valence-electron chi connectivity index (χ2n) is 8.19. The summed E-state index contributed by atoms with van der Waals surface area (Å²) in [5.74, 6) is 0.847. The number of carbonyl (C=O) groups excluding carboxylic acids is 1. The Bertz CT molecular complexity index is 840. The zero-order valence-electron chi connectivity index (χ0n) is 16.9. The van der Waals surface area contributed by atoms with Gasteiger partial charge in [0.2, 0.25) is 0 Å². The van der Waals surface area contributed by atoms with Crippen molar-refractivity contribution in [3.8, 4) is 0 Å². The molecule has 0 atom stereocenters. The van der Waals surface area contributed by atoms with E-state index in [1.54, 1.807) is 6.33 Å². The minimum absolute atomic E-state index is 0.105. The fourth-order valence-electron chi connectivity index (χ4n) is 4.45. The Hall–Kier alpha value is -2.44. The summed E-state index contributed by atoms with van der Waals surface area (Å²) in [6.07, 6.45) is 9.42. The van der Waals surface area contributed by atoms with Gasteiger partial charge in [0.05, 0.1) is 5.39 Å². The average Bonchev–Trinajstić information content (AvgIpc) is 2.69. The lowest BCUT2D eigenvalue weighted by molar-refractivity contribution is 0.176. The Kier molecular flexibility index (Phi) is 5.59. The number of fused-ring (bicyclic) bond motifs is 1. The van der Waals surface area contributed by atoms with E-state index in [9.17, 15) is 4.79 Å². The van der Waals surface area contributed by atoms with Gasteiger partial charge in [-0.05, 0) is 51.2 Å². The van der Waals surface area contributed by atoms with E-state index >= 15 is 0 Å². The quantitative estimate of drug-likeness (QED) is 0.848. The fourth-order valence-corrected chi connectivity index (χ4v) is 4.45. The van der Waals surface area contributed by atoms with Crippen molar-refractivity contribution in [2.45, 2.75) is 70.9 Å². The molecule has 0 unspecified atom stereocenters. The molecule has 4 rings (SSSR count). The van der Waals surface area contributed by atoms with E-state index in [-0.39, 0.29) is 6.03 Å². The van der Waals surface area contributed by atoms with E-state index in [0.717, 1.165) is 66.9 Å². The Morgan fingerprint density at radius 1 is 1.04 bits per heavy atom. The molecule has 7 nitrogen and oxygen atoms in total. The number of pyridine rings is 1. The lowest BCUT2D eigenvalue weighted by Crippen LogP contribution is -2.49. The molecule has 0 radical (unpaired) electrons. The summed E-state index contributed by atoms with van der Waals surface area (Å²) in [6.45, 7) is 5.60. The lowest BCUT2D eigenvalue weighted by atomic mass is 9.95. The number of carbonyl (C=O) groups is 1. The van der Waals surface area contributed by atoms with Gasteiger partial charge < -0.3 is 15.5 Å². The molecule has 7 heteroatoms. The molecule has 2 aliphatic rings. The zero-order valence-corrected chi connectivity index (χ0v) is 16.9. The molecule has 2 fully saturated rings. The number of nitrogens with one attached hydrogen (secondary N) is 2. The van der Waals surface area contributed by atoms with Gasteiger partial charge in [-0.25, -0.2) is 19.7 Å². The van der Waals surface area contributed by atoms with Crippen molar-refractivity contribution < 1.29 is 4.79 Å². The number of rotatable bonds is 3. The fraction of sp³-hybridized carbons (Fsp3) is 0.619. The van der Waals surface area contributed by atoms with Gasteiger partial charge in [0.25, 0.3) is 0 Å². The van der Waals surface area contributed by atoms with E-state index in [2.05, 4.69) is 38.6 Å². The summed E-state index contributed by atoms with van der Waals surface area (Å²) in [6, 6.07) is 2.84. The predicted molar refractivity (Wildman–Crippen MR) is 110 cm³/mol. The molecule has 1 saturated heterocycles. The Morgan fingerprint density at radius 3 is 2.54 bits per heavy atom. The van der Waals surface area contributed by atoms with Crippen molar-refractivity contribution in [1.82, 2.24) is 25.2 Å². The molecule has 2 aromatic heterocycles. The van der Waals surface area contributed by atoms with Crippen molar-refractivity contribution in [1.29, 1.82) is 0 Å². The highest BCUT2D eigenvalue weighted by Gasteiger charge is 2.25. The van der Waals surface area contributed by atoms with Crippen LogP contribution in [0.25, 0.3) is 11.0 Å². The first-order valence-corrected chi connectivity index (χ1v) is 10.5. The Balaban J connectivity index is 1.36. The van der Waals surface area contributed by atoms with Crippen LogP contribution in [-0.2, 0) is 0 Å². The molecular formula is C21H30N6O. The second kappa shape index (κ2) is 8.29. The maximum Gasteiger partial charge on any atom is 0.317 e. The van der Waals surface area contributed by atoms with E-state index in [1.165, 1.54) is 19.3 Å². The highest BCUT2D eigenvalue weighted by atomic mass is 16.2. The second-order valence-corrected chi connectivity index (χ2v) is 8.19. The highest BCUT2D eigenvalue weighted by Crippen LogP contribution is 2.25. The molecule has 2 amide bonds. The molecule has 2 aromatic rings. The SMILES string of the molecule is Cc1cc(C)c2c(NC3CCN(C(=O)NC4CCCCC4)CC3)ncnc2n1. The van der Waals surface area contributed by atoms with Crippen LogP contribution in [0.4, 0.5) is 10.6 Å². The van der Waals surface area contributed by atoms with Crippen molar-refractivity contribution in [3.63, 3.8) is 0 Å². The number of piperidine rings is 1. The maximum atomic E-state index is 12.5. The van der Waals surface area contributed by atoms with Gasteiger partial charge in [-0.15, -0.1) is 0 Å². The molecule has 1 aliphatic heterocycles. The summed E-state index contributed by atoms with van der Waals surface area (Å²) in [5, 5.41) is 7.79. The van der Waals surface area contributed by atoms with Crippen molar-refractivity contribution in [2.75, 3.05) is 18.4 Å². The van der Waals surface area contributed by atoms with Crippen molar-refractivity contribution in [2.24, 2.45) is 0 Å². The standard InChI is InChI=1S/C21H30N6O/c1-14-12-15(2)24-19-18(14)20(23-13-22-19)25-17-8-10-27(11-9-17)21(28)26-16-6-4-3-5-7-16/h12-13,16-17H,3-11H2,1-2H3,(H,26,28)(H,22,23,24,25).